The molecule has 1 aliphatic carbocycles. The Morgan fingerprint density at radius 2 is 2.08 bits per heavy atom. The van der Waals surface area contributed by atoms with Crippen LogP contribution >= 0.6 is 9.39 Å². The van der Waals surface area contributed by atoms with Crippen LogP contribution in [0.5, 0.6) is 5.75 Å². The number of aryl methyl sites for hydroxylation is 1. The number of hydrogen-bond donors (Lipinski definition) is 3. The largest absolute Gasteiger partial charge is 0.505 e. The number of imidazole rings is 1. The minimum absolute atomic E-state index is 0.169. The van der Waals surface area contributed by atoms with Gasteiger partial charge >= 0.3 is 0 Å². The predicted molar refractivity (Wildman–Crippen MR) is 146 cm³/mol. The first kappa shape index (κ1) is 24.7. The molecule has 11 heteroatoms. The number of fused-ring (bicyclic) bond motifs is 3. The normalized spacial score (nSPS) is 24.3. The highest BCUT2D eigenvalue weighted by Crippen LogP contribution is 2.60. The summed E-state index contributed by atoms with van der Waals surface area (Å²) in [6.07, 6.45) is 3.14. The standard InChI is InChI=1S/C28H29F2N6O2P/c1-3-14-9-23(37)18(29)10-17(14)15-7-19(30)24-21(8-15)33-34-25(24)26-31-20-4-5-35(12-22(20)32-26)27(38)28-11-16(28)6-13(2)36(28)39/h7-10,13,16,37H,3-6,11-12,39H2,1-2H3,(H,31,32)(H,33,34)/t13?,16-,28+/m1/s1. The molecule has 1 amide bonds. The number of aromatic amines is 2. The van der Waals surface area contributed by atoms with Gasteiger partial charge < -0.3 is 15.0 Å². The van der Waals surface area contributed by atoms with Crippen molar-refractivity contribution < 1.29 is 18.7 Å². The molecule has 0 spiro atoms. The molecule has 1 saturated carbocycles. The van der Waals surface area contributed by atoms with Gasteiger partial charge in [0.05, 0.1) is 23.1 Å². The van der Waals surface area contributed by atoms with Gasteiger partial charge in [-0.25, -0.2) is 13.8 Å². The number of phenols is 1. The number of nitrogens with one attached hydrogen (secondary N) is 2. The van der Waals surface area contributed by atoms with E-state index in [0.29, 0.717) is 71.6 Å². The van der Waals surface area contributed by atoms with Crippen molar-refractivity contribution in [3.05, 3.63) is 52.9 Å². The Kier molecular flexibility index (Phi) is 5.42. The number of H-pyrrole nitrogens is 2. The number of aromatic nitrogens is 4. The predicted octanol–water partition coefficient (Wildman–Crippen LogP) is 4.69. The van der Waals surface area contributed by atoms with E-state index in [9.17, 15) is 14.3 Å². The molecular weight excluding hydrogens is 521 g/mol. The van der Waals surface area contributed by atoms with Crippen molar-refractivity contribution >= 4 is 26.2 Å². The van der Waals surface area contributed by atoms with E-state index in [2.05, 4.69) is 36.2 Å². The molecule has 2 fully saturated rings. The van der Waals surface area contributed by atoms with E-state index in [-0.39, 0.29) is 11.3 Å². The van der Waals surface area contributed by atoms with Crippen molar-refractivity contribution in [2.24, 2.45) is 5.92 Å². The highest BCUT2D eigenvalue weighted by atomic mass is 31.0. The maximum Gasteiger partial charge on any atom is 0.244 e. The molecule has 3 N–H and O–H groups in total. The van der Waals surface area contributed by atoms with Crippen LogP contribution in [0, 0.1) is 17.6 Å². The van der Waals surface area contributed by atoms with Gasteiger partial charge in [-0.05, 0) is 73.1 Å². The van der Waals surface area contributed by atoms with Gasteiger partial charge in [-0.3, -0.25) is 14.6 Å². The summed E-state index contributed by atoms with van der Waals surface area (Å²) in [7, 11) is 2.76. The molecule has 4 aromatic rings. The monoisotopic (exact) mass is 550 g/mol. The lowest BCUT2D eigenvalue weighted by Crippen LogP contribution is -2.49. The molecule has 7 rings (SSSR count). The van der Waals surface area contributed by atoms with E-state index >= 15 is 4.39 Å². The van der Waals surface area contributed by atoms with Crippen molar-refractivity contribution in [2.75, 3.05) is 6.54 Å². The van der Waals surface area contributed by atoms with Crippen LogP contribution in [0.2, 0.25) is 0 Å². The Morgan fingerprint density at radius 3 is 2.82 bits per heavy atom. The molecule has 0 radical (unpaired) electrons. The summed E-state index contributed by atoms with van der Waals surface area (Å²) in [6.45, 7) is 5.06. The molecule has 4 heterocycles. The maximum absolute atomic E-state index is 15.6. The second-order valence-electron chi connectivity index (χ2n) is 11.1. The summed E-state index contributed by atoms with van der Waals surface area (Å²) in [5.74, 6) is -0.662. The molecule has 202 valence electrons. The highest BCUT2D eigenvalue weighted by molar-refractivity contribution is 7.13. The van der Waals surface area contributed by atoms with Gasteiger partial charge in [-0.1, -0.05) is 16.3 Å². The molecule has 8 nitrogen and oxygen atoms in total. The average molecular weight is 551 g/mol. The average Bonchev–Trinajstić information content (AvgIpc) is 3.18. The fourth-order valence-electron chi connectivity index (χ4n) is 6.65. The summed E-state index contributed by atoms with van der Waals surface area (Å²) in [4.78, 5) is 23.5. The van der Waals surface area contributed by atoms with E-state index in [0.717, 1.165) is 24.2 Å². The SMILES string of the molecule is CCc1cc(O)c(F)cc1-c1cc(F)c2c(-c3nc4c([nH]3)CCN(C(=O)[C@]35C[C@H]3CC(C)N5P)C4)n[nH]c2c1. The van der Waals surface area contributed by atoms with Crippen LogP contribution < -0.4 is 0 Å². The van der Waals surface area contributed by atoms with E-state index < -0.39 is 22.9 Å². The van der Waals surface area contributed by atoms with Crippen molar-refractivity contribution in [1.29, 1.82) is 0 Å². The zero-order valence-electron chi connectivity index (χ0n) is 21.7. The number of hydrogen-bond acceptors (Lipinski definition) is 5. The Morgan fingerprint density at radius 1 is 1.26 bits per heavy atom. The minimum Gasteiger partial charge on any atom is -0.505 e. The van der Waals surface area contributed by atoms with E-state index in [4.69, 9.17) is 4.98 Å². The van der Waals surface area contributed by atoms with E-state index in [1.807, 2.05) is 11.8 Å². The fraction of sp³-hybridized carbons (Fsp3) is 0.393. The van der Waals surface area contributed by atoms with E-state index in [1.54, 1.807) is 6.07 Å². The van der Waals surface area contributed by atoms with Gasteiger partial charge in [-0.2, -0.15) is 5.10 Å². The Labute approximate surface area is 226 Å². The van der Waals surface area contributed by atoms with Crippen LogP contribution in [0.15, 0.2) is 24.3 Å². The van der Waals surface area contributed by atoms with Crippen molar-refractivity contribution in [2.45, 2.75) is 57.7 Å². The van der Waals surface area contributed by atoms with Crippen molar-refractivity contribution in [1.82, 2.24) is 29.7 Å². The number of piperidine rings is 1. The van der Waals surface area contributed by atoms with Crippen LogP contribution in [0.4, 0.5) is 8.78 Å². The highest BCUT2D eigenvalue weighted by Gasteiger charge is 2.68. The third kappa shape index (κ3) is 3.57. The summed E-state index contributed by atoms with van der Waals surface area (Å²) in [6, 6.07) is 6.06. The van der Waals surface area contributed by atoms with Crippen LogP contribution in [0.3, 0.4) is 0 Å². The summed E-state index contributed by atoms with van der Waals surface area (Å²) in [5, 5.41) is 17.3. The van der Waals surface area contributed by atoms with Crippen LogP contribution in [0.25, 0.3) is 33.5 Å². The summed E-state index contributed by atoms with van der Waals surface area (Å²) < 4.78 is 31.9. The first-order chi connectivity index (χ1) is 18.7. The number of amides is 1. The number of aromatic hydroxyl groups is 1. The second-order valence-corrected chi connectivity index (χ2v) is 11.6. The number of rotatable bonds is 4. The quantitative estimate of drug-likeness (QED) is 0.320. The third-order valence-electron chi connectivity index (χ3n) is 8.83. The Hall–Kier alpha value is -3.36. The molecule has 2 aliphatic heterocycles. The molecule has 39 heavy (non-hydrogen) atoms. The molecule has 2 aromatic heterocycles. The summed E-state index contributed by atoms with van der Waals surface area (Å²) in [5.41, 5.74) is 3.84. The minimum atomic E-state index is -0.758. The Bertz CT molecular complexity index is 1670. The molecular formula is C28H29F2N6O2P. The first-order valence-corrected chi connectivity index (χ1v) is 13.8. The number of phenolic OH excluding ortho intramolecular Hbond substituents is 1. The van der Waals surface area contributed by atoms with Gasteiger partial charge in [0.1, 0.15) is 17.1 Å². The zero-order valence-corrected chi connectivity index (χ0v) is 22.8. The number of halogens is 2. The molecule has 0 bridgehead atoms. The second kappa shape index (κ2) is 8.57. The molecule has 2 unspecified atom stereocenters. The lowest BCUT2D eigenvalue weighted by molar-refractivity contribution is -0.137. The lowest BCUT2D eigenvalue weighted by atomic mass is 9.96. The fourth-order valence-corrected chi connectivity index (χ4v) is 7.20. The van der Waals surface area contributed by atoms with Gasteiger partial charge in [-0.15, -0.1) is 0 Å². The van der Waals surface area contributed by atoms with Gasteiger partial charge in [0, 0.05) is 24.7 Å². The molecule has 3 aliphatic rings. The zero-order chi connectivity index (χ0) is 27.2. The van der Waals surface area contributed by atoms with Crippen LogP contribution in [-0.2, 0) is 24.2 Å². The van der Waals surface area contributed by atoms with E-state index in [1.165, 1.54) is 18.2 Å². The van der Waals surface area contributed by atoms with Gasteiger partial charge in [0.25, 0.3) is 0 Å². The molecule has 4 atom stereocenters. The number of carbonyl (C=O) groups is 1. The molecule has 2 aromatic carbocycles. The van der Waals surface area contributed by atoms with Gasteiger partial charge in [0.15, 0.2) is 17.4 Å². The van der Waals surface area contributed by atoms with Crippen LogP contribution in [0.1, 0.15) is 43.6 Å². The molecule has 1 saturated heterocycles. The first-order valence-electron chi connectivity index (χ1n) is 13.3. The van der Waals surface area contributed by atoms with Crippen molar-refractivity contribution in [3.8, 4) is 28.4 Å². The lowest BCUT2D eigenvalue weighted by Gasteiger charge is -2.34. The third-order valence-corrected chi connectivity index (χ3v) is 9.80. The Balaban J connectivity index is 1.20. The topological polar surface area (TPSA) is 101 Å². The number of nitrogens with zero attached hydrogens (tertiary/aromatic N) is 4. The van der Waals surface area contributed by atoms with Gasteiger partial charge in [0.2, 0.25) is 5.91 Å². The smallest absolute Gasteiger partial charge is 0.244 e. The number of benzene rings is 2. The van der Waals surface area contributed by atoms with Crippen LogP contribution in [-0.4, -0.2) is 58.9 Å². The maximum atomic E-state index is 15.6. The number of carbonyl (C=O) groups excluding carboxylic acids is 1. The summed E-state index contributed by atoms with van der Waals surface area (Å²) >= 11 is 0. The van der Waals surface area contributed by atoms with Crippen molar-refractivity contribution in [3.63, 3.8) is 0 Å².